The second-order valence-electron chi connectivity index (χ2n) is 4.39. The molecule has 1 fully saturated rings. The highest BCUT2D eigenvalue weighted by molar-refractivity contribution is 9.10. The van der Waals surface area contributed by atoms with E-state index >= 15 is 0 Å². The molecule has 7 nitrogen and oxygen atoms in total. The number of imide groups is 1. The van der Waals surface area contributed by atoms with Crippen LogP contribution in [0.4, 0.5) is 4.79 Å². The number of carbonyl (C=O) groups excluding carboxylic acids is 3. The van der Waals surface area contributed by atoms with E-state index in [2.05, 4.69) is 20.7 Å². The Morgan fingerprint density at radius 2 is 2.09 bits per heavy atom. The molecule has 2 rings (SSSR count). The van der Waals surface area contributed by atoms with Crippen molar-refractivity contribution >= 4 is 50.9 Å². The summed E-state index contributed by atoms with van der Waals surface area (Å²) >= 11 is 3.99. The molecule has 1 aliphatic heterocycles. The van der Waals surface area contributed by atoms with E-state index < -0.39 is 23.7 Å². The third-order valence-corrected chi connectivity index (χ3v) is 4.57. The second kappa shape index (κ2) is 7.05. The zero-order chi connectivity index (χ0) is 17.1. The zero-order valence-electron chi connectivity index (χ0n) is 12.2. The van der Waals surface area contributed by atoms with Crippen LogP contribution < -0.4 is 4.74 Å². The predicted octanol–water partition coefficient (Wildman–Crippen LogP) is 2.37. The molecular formula is C14H12BrNO6S. The molecule has 0 spiro atoms. The summed E-state index contributed by atoms with van der Waals surface area (Å²) in [5.41, 5.74) is 0.545. The number of esters is 1. The number of ether oxygens (including phenoxy) is 2. The molecule has 0 aromatic heterocycles. The lowest BCUT2D eigenvalue weighted by Crippen LogP contribution is -2.34. The summed E-state index contributed by atoms with van der Waals surface area (Å²) in [6, 6.07) is 2.94. The van der Waals surface area contributed by atoms with Gasteiger partial charge in [0.2, 0.25) is 0 Å². The first kappa shape index (κ1) is 17.4. The van der Waals surface area contributed by atoms with Crippen molar-refractivity contribution in [1.82, 2.24) is 4.90 Å². The van der Waals surface area contributed by atoms with Crippen LogP contribution in [0, 0.1) is 0 Å². The van der Waals surface area contributed by atoms with Gasteiger partial charge in [0.15, 0.2) is 11.5 Å². The number of amides is 2. The number of nitrogens with zero attached hydrogens (tertiary/aromatic N) is 1. The van der Waals surface area contributed by atoms with Gasteiger partial charge in [-0.15, -0.1) is 0 Å². The predicted molar refractivity (Wildman–Crippen MR) is 87.1 cm³/mol. The molecule has 122 valence electrons. The quantitative estimate of drug-likeness (QED) is 0.611. The van der Waals surface area contributed by atoms with E-state index in [1.54, 1.807) is 0 Å². The maximum Gasteiger partial charge on any atom is 0.325 e. The van der Waals surface area contributed by atoms with Gasteiger partial charge in [-0.1, -0.05) is 15.9 Å². The smallest absolute Gasteiger partial charge is 0.325 e. The number of rotatable bonds is 4. The fraction of sp³-hybridized carbons (Fsp3) is 0.214. The van der Waals surface area contributed by atoms with Gasteiger partial charge in [0.1, 0.15) is 6.54 Å². The van der Waals surface area contributed by atoms with Gasteiger partial charge >= 0.3 is 5.97 Å². The molecule has 1 aromatic rings. The molecule has 1 N–H and O–H groups in total. The molecule has 1 aromatic carbocycles. The maximum atomic E-state index is 12.2. The molecule has 0 aliphatic carbocycles. The number of thioether (sulfide) groups is 1. The minimum Gasteiger partial charge on any atom is -0.504 e. The standard InChI is InChI=1S/C14H12BrNO6S/c1-21-10-3-7(8(15)5-9(10)17)4-11-13(19)16(14(20)23-11)6-12(18)22-2/h3-5,17H,6H2,1-2H3. The lowest BCUT2D eigenvalue weighted by Gasteiger charge is -2.10. The Labute approximate surface area is 144 Å². The average Bonchev–Trinajstić information content (AvgIpc) is 2.77. The normalized spacial score (nSPS) is 16.1. The highest BCUT2D eigenvalue weighted by Crippen LogP contribution is 2.37. The van der Waals surface area contributed by atoms with Gasteiger partial charge in [-0.25, -0.2) is 0 Å². The third kappa shape index (κ3) is 3.67. The van der Waals surface area contributed by atoms with E-state index in [1.165, 1.54) is 32.4 Å². The third-order valence-electron chi connectivity index (χ3n) is 2.97. The fourth-order valence-electron chi connectivity index (χ4n) is 1.80. The maximum absolute atomic E-state index is 12.2. The van der Waals surface area contributed by atoms with Crippen LogP contribution >= 0.6 is 27.7 Å². The number of carbonyl (C=O) groups is 3. The first-order valence-electron chi connectivity index (χ1n) is 6.26. The lowest BCUT2D eigenvalue weighted by molar-refractivity contribution is -0.143. The van der Waals surface area contributed by atoms with E-state index in [0.29, 0.717) is 10.0 Å². The summed E-state index contributed by atoms with van der Waals surface area (Å²) in [5, 5.41) is 9.13. The number of methoxy groups -OCH3 is 2. The minimum atomic E-state index is -0.680. The van der Waals surface area contributed by atoms with Crippen molar-refractivity contribution in [3.8, 4) is 11.5 Å². The van der Waals surface area contributed by atoms with E-state index in [-0.39, 0.29) is 16.4 Å². The monoisotopic (exact) mass is 401 g/mol. The van der Waals surface area contributed by atoms with Crippen molar-refractivity contribution in [2.75, 3.05) is 20.8 Å². The first-order chi connectivity index (χ1) is 10.9. The van der Waals surface area contributed by atoms with E-state index in [9.17, 15) is 19.5 Å². The number of phenols is 1. The Balaban J connectivity index is 2.32. The van der Waals surface area contributed by atoms with Crippen LogP contribution in [0.1, 0.15) is 5.56 Å². The summed E-state index contributed by atoms with van der Waals surface area (Å²) in [6.45, 7) is -0.432. The molecule has 1 saturated heterocycles. The SMILES string of the molecule is COC(=O)CN1C(=O)SC(=Cc2cc(OC)c(O)cc2Br)C1=O. The Morgan fingerprint density at radius 1 is 1.39 bits per heavy atom. The summed E-state index contributed by atoms with van der Waals surface area (Å²) in [5.74, 6) is -1.09. The van der Waals surface area contributed by atoms with Crippen LogP contribution in [-0.4, -0.2) is 47.9 Å². The number of phenolic OH excluding ortho intramolecular Hbond substituents is 1. The van der Waals surface area contributed by atoms with Crippen molar-refractivity contribution in [2.45, 2.75) is 0 Å². The minimum absolute atomic E-state index is 0.0599. The van der Waals surface area contributed by atoms with Gasteiger partial charge in [0, 0.05) is 4.47 Å². The van der Waals surface area contributed by atoms with Gasteiger partial charge in [-0.2, -0.15) is 0 Å². The number of aromatic hydroxyl groups is 1. The van der Waals surface area contributed by atoms with E-state index in [4.69, 9.17) is 4.74 Å². The van der Waals surface area contributed by atoms with Crippen LogP contribution in [0.25, 0.3) is 6.08 Å². The highest BCUT2D eigenvalue weighted by atomic mass is 79.9. The van der Waals surface area contributed by atoms with Gasteiger partial charge in [0.05, 0.1) is 19.1 Å². The van der Waals surface area contributed by atoms with Crippen molar-refractivity contribution in [3.63, 3.8) is 0 Å². The summed E-state index contributed by atoms with van der Waals surface area (Å²) in [6.07, 6.45) is 1.48. The Bertz CT molecular complexity index is 717. The second-order valence-corrected chi connectivity index (χ2v) is 6.24. The average molecular weight is 402 g/mol. The Kier molecular flexibility index (Phi) is 5.32. The van der Waals surface area contributed by atoms with E-state index in [0.717, 1.165) is 16.7 Å². The summed E-state index contributed by atoms with van der Waals surface area (Å²) < 4.78 is 9.99. The van der Waals surface area contributed by atoms with Crippen molar-refractivity contribution in [2.24, 2.45) is 0 Å². The largest absolute Gasteiger partial charge is 0.504 e. The number of halogens is 1. The molecule has 0 unspecified atom stereocenters. The van der Waals surface area contributed by atoms with Crippen LogP contribution in [0.15, 0.2) is 21.5 Å². The van der Waals surface area contributed by atoms with Crippen molar-refractivity contribution in [3.05, 3.63) is 27.1 Å². The molecule has 0 atom stereocenters. The van der Waals surface area contributed by atoms with Crippen LogP contribution in [0.3, 0.4) is 0 Å². The first-order valence-corrected chi connectivity index (χ1v) is 7.87. The van der Waals surface area contributed by atoms with Gasteiger partial charge < -0.3 is 14.6 Å². The fourth-order valence-corrected chi connectivity index (χ4v) is 3.08. The Morgan fingerprint density at radius 3 is 2.70 bits per heavy atom. The topological polar surface area (TPSA) is 93.1 Å². The molecule has 0 radical (unpaired) electrons. The number of hydrogen-bond donors (Lipinski definition) is 1. The molecule has 1 aliphatic rings. The van der Waals surface area contributed by atoms with Crippen molar-refractivity contribution in [1.29, 1.82) is 0 Å². The van der Waals surface area contributed by atoms with Crippen molar-refractivity contribution < 1.29 is 29.0 Å². The molecule has 23 heavy (non-hydrogen) atoms. The number of hydrogen-bond acceptors (Lipinski definition) is 7. The molecule has 9 heteroatoms. The van der Waals surface area contributed by atoms with Crippen LogP contribution in [-0.2, 0) is 14.3 Å². The molecule has 2 amide bonds. The Hall–Kier alpha value is -2.00. The van der Waals surface area contributed by atoms with Crippen LogP contribution in [0.5, 0.6) is 11.5 Å². The van der Waals surface area contributed by atoms with Gasteiger partial charge in [0.25, 0.3) is 11.1 Å². The summed E-state index contributed by atoms with van der Waals surface area (Å²) in [4.78, 5) is 36.3. The summed E-state index contributed by atoms with van der Waals surface area (Å²) in [7, 11) is 2.58. The zero-order valence-corrected chi connectivity index (χ0v) is 14.6. The highest BCUT2D eigenvalue weighted by Gasteiger charge is 2.36. The lowest BCUT2D eigenvalue weighted by atomic mass is 10.2. The van der Waals surface area contributed by atoms with Gasteiger partial charge in [-0.05, 0) is 35.5 Å². The van der Waals surface area contributed by atoms with E-state index in [1.807, 2.05) is 0 Å². The molecular weight excluding hydrogens is 390 g/mol. The number of benzene rings is 1. The molecule has 0 saturated carbocycles. The van der Waals surface area contributed by atoms with Crippen LogP contribution in [0.2, 0.25) is 0 Å². The van der Waals surface area contributed by atoms with Gasteiger partial charge in [-0.3, -0.25) is 19.3 Å². The molecule has 1 heterocycles. The molecule has 0 bridgehead atoms.